The van der Waals surface area contributed by atoms with Crippen LogP contribution in [0.4, 0.5) is 13.2 Å². The number of amides is 2. The summed E-state index contributed by atoms with van der Waals surface area (Å²) < 4.78 is 95.2. The van der Waals surface area contributed by atoms with Crippen molar-refractivity contribution >= 4 is 31.8 Å². The van der Waals surface area contributed by atoms with Crippen molar-refractivity contribution in [3.05, 3.63) is 65.0 Å². The molecule has 46 heavy (non-hydrogen) atoms. The highest BCUT2D eigenvalue weighted by atomic mass is 32.2. The van der Waals surface area contributed by atoms with Gasteiger partial charge in [0.05, 0.1) is 10.6 Å². The number of piperidine rings is 1. The summed E-state index contributed by atoms with van der Waals surface area (Å²) in [5.74, 6) is -4.94. The van der Waals surface area contributed by atoms with Gasteiger partial charge in [0, 0.05) is 43.7 Å². The van der Waals surface area contributed by atoms with E-state index >= 15 is 0 Å². The van der Waals surface area contributed by atoms with Crippen LogP contribution in [-0.2, 0) is 36.0 Å². The third kappa shape index (κ3) is 9.99. The van der Waals surface area contributed by atoms with Crippen LogP contribution in [0.15, 0.2) is 41.3 Å². The Bertz CT molecular complexity index is 1590. The Hall–Kier alpha value is -3.01. The molecule has 2 aromatic carbocycles. The Morgan fingerprint density at radius 2 is 1.50 bits per heavy atom. The Morgan fingerprint density at radius 1 is 0.957 bits per heavy atom. The molecule has 0 aromatic heterocycles. The van der Waals surface area contributed by atoms with Gasteiger partial charge in [0.1, 0.15) is 11.6 Å². The number of carbonyl (C=O) groups is 2. The lowest BCUT2D eigenvalue weighted by atomic mass is 9.82. The van der Waals surface area contributed by atoms with Crippen molar-refractivity contribution in [1.29, 1.82) is 0 Å². The molecule has 2 aliphatic heterocycles. The fraction of sp³-hybridized carbons (Fsp3) is 0.548. The van der Waals surface area contributed by atoms with E-state index in [2.05, 4.69) is 0 Å². The number of carbonyl (C=O) groups excluding carboxylic acids is 2. The molecule has 4 rings (SSSR count). The van der Waals surface area contributed by atoms with Gasteiger partial charge in [0.2, 0.25) is 11.8 Å². The number of aryl methyl sites for hydroxylation is 1. The Kier molecular flexibility index (Phi) is 12.8. The second-order valence-electron chi connectivity index (χ2n) is 11.8. The van der Waals surface area contributed by atoms with E-state index in [-0.39, 0.29) is 53.0 Å². The summed E-state index contributed by atoms with van der Waals surface area (Å²) in [5.41, 5.74) is 7.30. The normalized spacial score (nSPS) is 20.1. The Morgan fingerprint density at radius 3 is 2.02 bits per heavy atom. The van der Waals surface area contributed by atoms with Crippen LogP contribution >= 0.6 is 0 Å². The summed E-state index contributed by atoms with van der Waals surface area (Å²) in [6.07, 6.45) is 2.58. The third-order valence-electron chi connectivity index (χ3n) is 8.61. The maximum absolute atomic E-state index is 14.0. The number of hydrogen-bond acceptors (Lipinski definition) is 7. The summed E-state index contributed by atoms with van der Waals surface area (Å²) in [6, 6.07) is 6.68. The minimum Gasteiger partial charge on any atom is -0.342 e. The minimum absolute atomic E-state index is 0.0201. The van der Waals surface area contributed by atoms with Crippen LogP contribution in [0.1, 0.15) is 57.1 Å². The highest BCUT2D eigenvalue weighted by Crippen LogP contribution is 2.40. The second kappa shape index (κ2) is 15.7. The first-order valence-corrected chi connectivity index (χ1v) is 18.4. The quantitative estimate of drug-likeness (QED) is 0.268. The lowest BCUT2D eigenvalue weighted by molar-refractivity contribution is -0.136. The van der Waals surface area contributed by atoms with E-state index in [1.54, 1.807) is 30.9 Å². The molecule has 0 saturated carbocycles. The summed E-state index contributed by atoms with van der Waals surface area (Å²) in [5, 5.41) is 0. The molecule has 256 valence electrons. The smallest absolute Gasteiger partial charge is 0.294 e. The van der Waals surface area contributed by atoms with Gasteiger partial charge >= 0.3 is 0 Å². The number of nitrogens with zero attached hydrogens (tertiary/aromatic N) is 2. The highest BCUT2D eigenvalue weighted by molar-refractivity contribution is 7.92. The number of hydrogen-bond donors (Lipinski definition) is 2. The SMILES string of the molecule is CCN(CC)C(=O)CS(=O)(=O)CCC(=O)N1[C@@H]2CC[C@H]1C[C@H]([C@H](N)Cc1cc(F)c(F)cc1F)C2.Cc1ccc(S(=O)(=O)O)cc1. The Balaban J connectivity index is 0.000000441. The van der Waals surface area contributed by atoms with E-state index in [0.29, 0.717) is 32.0 Å². The first-order chi connectivity index (χ1) is 21.4. The maximum atomic E-state index is 14.0. The zero-order valence-corrected chi connectivity index (χ0v) is 27.8. The van der Waals surface area contributed by atoms with Gasteiger partial charge in [-0.25, -0.2) is 21.6 Å². The van der Waals surface area contributed by atoms with Crippen molar-refractivity contribution in [1.82, 2.24) is 9.80 Å². The molecule has 2 aliphatic rings. The lowest BCUT2D eigenvalue weighted by Crippen LogP contribution is -2.50. The van der Waals surface area contributed by atoms with Crippen LogP contribution in [0.3, 0.4) is 0 Å². The second-order valence-corrected chi connectivity index (χ2v) is 15.4. The number of benzene rings is 2. The van der Waals surface area contributed by atoms with Gasteiger partial charge in [-0.2, -0.15) is 8.42 Å². The molecule has 3 N–H and O–H groups in total. The van der Waals surface area contributed by atoms with E-state index < -0.39 is 55.1 Å². The lowest BCUT2D eigenvalue weighted by Gasteiger charge is -2.41. The van der Waals surface area contributed by atoms with Gasteiger partial charge < -0.3 is 15.5 Å². The third-order valence-corrected chi connectivity index (χ3v) is 11.0. The summed E-state index contributed by atoms with van der Waals surface area (Å²) in [6.45, 7) is 6.24. The topological polar surface area (TPSA) is 155 Å². The molecule has 4 atom stereocenters. The van der Waals surface area contributed by atoms with Gasteiger partial charge in [-0.05, 0) is 82.6 Å². The molecule has 0 spiro atoms. The fourth-order valence-corrected chi connectivity index (χ4v) is 7.80. The summed E-state index contributed by atoms with van der Waals surface area (Å²) in [4.78, 5) is 28.2. The molecule has 2 heterocycles. The molecule has 2 amide bonds. The fourth-order valence-electron chi connectivity index (χ4n) is 6.13. The van der Waals surface area contributed by atoms with Crippen LogP contribution in [0, 0.1) is 30.3 Å². The van der Waals surface area contributed by atoms with Gasteiger partial charge in [0.15, 0.2) is 21.5 Å². The molecule has 15 heteroatoms. The van der Waals surface area contributed by atoms with Crippen molar-refractivity contribution in [2.24, 2.45) is 11.7 Å². The van der Waals surface area contributed by atoms with Crippen molar-refractivity contribution < 1.29 is 44.1 Å². The van der Waals surface area contributed by atoms with E-state index in [9.17, 15) is 39.6 Å². The molecule has 2 saturated heterocycles. The van der Waals surface area contributed by atoms with Crippen LogP contribution in [-0.4, -0.2) is 85.7 Å². The van der Waals surface area contributed by atoms with Gasteiger partial charge in [0.25, 0.3) is 10.1 Å². The van der Waals surface area contributed by atoms with Crippen LogP contribution in [0.2, 0.25) is 0 Å². The van der Waals surface area contributed by atoms with E-state index in [4.69, 9.17) is 10.3 Å². The maximum Gasteiger partial charge on any atom is 0.294 e. The molecule has 10 nitrogen and oxygen atoms in total. The first-order valence-electron chi connectivity index (χ1n) is 15.2. The van der Waals surface area contributed by atoms with Crippen LogP contribution < -0.4 is 5.73 Å². The zero-order chi connectivity index (χ0) is 34.4. The number of fused-ring (bicyclic) bond motifs is 2. The molecular weight excluding hydrogens is 647 g/mol. The van der Waals surface area contributed by atoms with E-state index in [0.717, 1.165) is 24.5 Å². The van der Waals surface area contributed by atoms with Crippen molar-refractivity contribution in [2.45, 2.75) is 82.3 Å². The monoisotopic (exact) mass is 689 g/mol. The number of rotatable bonds is 11. The first kappa shape index (κ1) is 37.4. The van der Waals surface area contributed by atoms with E-state index in [1.807, 2.05) is 6.92 Å². The standard InChI is InChI=1S/C24H34F3N3O4S.C7H8O3S/c1-3-29(4-2)24(32)14-35(33,34)8-7-23(31)30-17-5-6-18(30)10-16(9-17)22(28)12-15-11-20(26)21(27)13-19(15)25;1-6-2-4-7(5-3-6)11(8,9)10/h11,13,16-18,22H,3-10,12,14,28H2,1-2H3;2-5H,1H3,(H,8,9,10)/t16-,17-,18+,22-;/m1./s1. The minimum atomic E-state index is -4.02. The highest BCUT2D eigenvalue weighted by Gasteiger charge is 2.44. The van der Waals surface area contributed by atoms with Crippen molar-refractivity contribution in [2.75, 3.05) is 24.6 Å². The number of halogens is 3. The van der Waals surface area contributed by atoms with Gasteiger partial charge in [-0.3, -0.25) is 14.1 Å². The molecule has 2 bridgehead atoms. The molecule has 0 unspecified atom stereocenters. The summed E-state index contributed by atoms with van der Waals surface area (Å²) in [7, 11) is -7.73. The number of sulfone groups is 1. The zero-order valence-electron chi connectivity index (χ0n) is 26.2. The Labute approximate surface area is 268 Å². The molecule has 0 aliphatic carbocycles. The summed E-state index contributed by atoms with van der Waals surface area (Å²) >= 11 is 0. The van der Waals surface area contributed by atoms with Gasteiger partial charge in [-0.1, -0.05) is 17.7 Å². The van der Waals surface area contributed by atoms with Gasteiger partial charge in [-0.15, -0.1) is 0 Å². The largest absolute Gasteiger partial charge is 0.342 e. The molecule has 2 fully saturated rings. The van der Waals surface area contributed by atoms with Crippen LogP contribution in [0.25, 0.3) is 0 Å². The number of nitrogens with two attached hydrogens (primary N) is 1. The van der Waals surface area contributed by atoms with Crippen molar-refractivity contribution in [3.63, 3.8) is 0 Å². The predicted octanol–water partition coefficient (Wildman–Crippen LogP) is 3.66. The van der Waals surface area contributed by atoms with Crippen molar-refractivity contribution in [3.8, 4) is 0 Å². The molecule has 0 radical (unpaired) electrons. The van der Waals surface area contributed by atoms with E-state index in [1.165, 1.54) is 17.0 Å². The molecule has 2 aromatic rings. The predicted molar refractivity (Wildman–Crippen MR) is 167 cm³/mol. The molecular formula is C31H42F3N3O7S2. The average molecular weight is 690 g/mol. The van der Waals surface area contributed by atoms with Crippen LogP contribution in [0.5, 0.6) is 0 Å². The average Bonchev–Trinajstić information content (AvgIpc) is 3.24.